The van der Waals surface area contributed by atoms with Gasteiger partial charge < -0.3 is 10.1 Å². The summed E-state index contributed by atoms with van der Waals surface area (Å²) in [7, 11) is 0. The van der Waals surface area contributed by atoms with Gasteiger partial charge in [0.25, 0.3) is 5.17 Å². The summed E-state index contributed by atoms with van der Waals surface area (Å²) >= 11 is 10.9. The number of halogens is 1. The fourth-order valence-corrected chi connectivity index (χ4v) is 2.09. The van der Waals surface area contributed by atoms with Crippen LogP contribution in [0.15, 0.2) is 42.5 Å². The molecule has 1 N–H and O–H groups in total. The van der Waals surface area contributed by atoms with Gasteiger partial charge in [0.2, 0.25) is 5.78 Å². The predicted molar refractivity (Wildman–Crippen MR) is 87.0 cm³/mol. The second kappa shape index (κ2) is 7.15. The monoisotopic (exact) mass is 320 g/mol. The van der Waals surface area contributed by atoms with Gasteiger partial charge in [-0.25, -0.2) is 4.98 Å². The minimum absolute atomic E-state index is 0.184. The van der Waals surface area contributed by atoms with Gasteiger partial charge in [-0.2, -0.15) is 0 Å². The number of nitrogens with zero attached hydrogens (tertiary/aromatic N) is 1. The fraction of sp³-hybridized carbons (Fsp3) is 0.133. The Morgan fingerprint density at radius 1 is 1.29 bits per heavy atom. The minimum Gasteiger partial charge on any atom is -0.471 e. The molecule has 0 radical (unpaired) electrons. The van der Waals surface area contributed by atoms with Crippen LogP contribution >= 0.6 is 23.8 Å². The van der Waals surface area contributed by atoms with E-state index in [0.717, 1.165) is 0 Å². The number of pyridine rings is 1. The van der Waals surface area contributed by atoms with Crippen LogP contribution in [-0.2, 0) is 4.74 Å². The number of carbonyl (C=O) groups is 1. The molecule has 0 unspecified atom stereocenters. The van der Waals surface area contributed by atoms with Crippen molar-refractivity contribution >= 4 is 40.5 Å². The maximum Gasteiger partial charge on any atom is 0.261 e. The van der Waals surface area contributed by atoms with E-state index in [0.29, 0.717) is 17.9 Å². The first kappa shape index (κ1) is 15.4. The molecule has 0 amide bonds. The third kappa shape index (κ3) is 4.00. The lowest BCUT2D eigenvalue weighted by Crippen LogP contribution is -2.17. The number of ketones is 1. The van der Waals surface area contributed by atoms with Gasteiger partial charge >= 0.3 is 0 Å². The molecule has 0 saturated carbocycles. The molecule has 1 aromatic carbocycles. The lowest BCUT2D eigenvalue weighted by atomic mass is 10.1. The van der Waals surface area contributed by atoms with Crippen LogP contribution in [0.4, 0.5) is 5.69 Å². The Kier molecular flexibility index (Phi) is 5.25. The number of aromatic nitrogens is 1. The number of nitrogens with one attached hydrogen (secondary N) is 1. The molecular weight excluding hydrogens is 308 g/mol. The van der Waals surface area contributed by atoms with E-state index >= 15 is 0 Å². The number of benzene rings is 1. The summed E-state index contributed by atoms with van der Waals surface area (Å²) in [6.45, 7) is 2.26. The van der Waals surface area contributed by atoms with Crippen LogP contribution in [0.3, 0.4) is 0 Å². The number of thiocarbonyl (C=S) groups is 1. The summed E-state index contributed by atoms with van der Waals surface area (Å²) in [5, 5.41) is 3.28. The Morgan fingerprint density at radius 3 is 2.67 bits per heavy atom. The van der Waals surface area contributed by atoms with Crippen LogP contribution in [0.2, 0.25) is 5.15 Å². The summed E-state index contributed by atoms with van der Waals surface area (Å²) in [5.41, 5.74) is 1.19. The minimum atomic E-state index is -0.236. The van der Waals surface area contributed by atoms with Crippen molar-refractivity contribution in [2.24, 2.45) is 0 Å². The average molecular weight is 321 g/mol. The van der Waals surface area contributed by atoms with Crippen LogP contribution in [-0.4, -0.2) is 22.5 Å². The molecule has 0 spiro atoms. The zero-order valence-electron chi connectivity index (χ0n) is 11.3. The highest BCUT2D eigenvalue weighted by atomic mass is 35.5. The van der Waals surface area contributed by atoms with Crippen molar-refractivity contribution in [1.82, 2.24) is 4.98 Å². The van der Waals surface area contributed by atoms with Gasteiger partial charge in [0, 0.05) is 5.56 Å². The van der Waals surface area contributed by atoms with Gasteiger partial charge in [0.1, 0.15) is 10.8 Å². The van der Waals surface area contributed by atoms with Crippen molar-refractivity contribution in [2.75, 3.05) is 11.9 Å². The third-order valence-electron chi connectivity index (χ3n) is 2.62. The van der Waals surface area contributed by atoms with Crippen LogP contribution in [0.1, 0.15) is 23.0 Å². The highest BCUT2D eigenvalue weighted by molar-refractivity contribution is 7.80. The first-order valence-electron chi connectivity index (χ1n) is 6.32. The van der Waals surface area contributed by atoms with Gasteiger partial charge in [-0.05, 0) is 31.3 Å². The van der Waals surface area contributed by atoms with Crippen LogP contribution in [0.25, 0.3) is 0 Å². The Balaban J connectivity index is 2.35. The summed E-state index contributed by atoms with van der Waals surface area (Å²) in [5.74, 6) is -0.236. The average Bonchev–Trinajstić information content (AvgIpc) is 2.49. The molecule has 1 heterocycles. The van der Waals surface area contributed by atoms with E-state index in [2.05, 4.69) is 10.3 Å². The summed E-state index contributed by atoms with van der Waals surface area (Å²) in [6.07, 6.45) is 0. The number of hydrogen-bond donors (Lipinski definition) is 1. The molecule has 21 heavy (non-hydrogen) atoms. The first-order valence-corrected chi connectivity index (χ1v) is 7.10. The van der Waals surface area contributed by atoms with Crippen LogP contribution < -0.4 is 5.32 Å². The number of carbonyl (C=O) groups excluding carboxylic acids is 1. The zero-order valence-corrected chi connectivity index (χ0v) is 12.9. The number of hydrogen-bond acceptors (Lipinski definition) is 4. The molecule has 0 aliphatic carbocycles. The lowest BCUT2D eigenvalue weighted by molar-refractivity contribution is 0.103. The second-order valence-electron chi connectivity index (χ2n) is 4.07. The van der Waals surface area contributed by atoms with E-state index in [1.165, 1.54) is 0 Å². The van der Waals surface area contributed by atoms with E-state index in [1.807, 2.05) is 13.0 Å². The van der Waals surface area contributed by atoms with Crippen LogP contribution in [0, 0.1) is 0 Å². The highest BCUT2D eigenvalue weighted by Crippen LogP contribution is 2.20. The molecule has 1 aromatic heterocycles. The van der Waals surface area contributed by atoms with E-state index in [9.17, 15) is 4.79 Å². The smallest absolute Gasteiger partial charge is 0.261 e. The molecule has 0 aliphatic heterocycles. The normalized spacial score (nSPS) is 10.0. The lowest BCUT2D eigenvalue weighted by Gasteiger charge is -2.11. The molecule has 0 atom stereocenters. The topological polar surface area (TPSA) is 51.2 Å². The quantitative estimate of drug-likeness (QED) is 0.529. The third-order valence-corrected chi connectivity index (χ3v) is 3.05. The van der Waals surface area contributed by atoms with Gasteiger partial charge in [0.05, 0.1) is 12.3 Å². The van der Waals surface area contributed by atoms with Crippen molar-refractivity contribution < 1.29 is 9.53 Å². The maximum atomic E-state index is 12.5. The summed E-state index contributed by atoms with van der Waals surface area (Å²) < 4.78 is 5.16. The van der Waals surface area contributed by atoms with Gasteiger partial charge in [-0.3, -0.25) is 4.79 Å². The SMILES string of the molecule is CCOC(=S)Nc1ccc(Cl)nc1C(=O)c1ccccc1. The highest BCUT2D eigenvalue weighted by Gasteiger charge is 2.17. The van der Waals surface area contributed by atoms with Gasteiger partial charge in [-0.15, -0.1) is 0 Å². The predicted octanol–water partition coefficient (Wildman–Crippen LogP) is 3.70. The molecule has 0 aliphatic rings. The van der Waals surface area contributed by atoms with E-state index in [-0.39, 0.29) is 21.8 Å². The fourth-order valence-electron chi connectivity index (χ4n) is 1.71. The van der Waals surface area contributed by atoms with E-state index in [4.69, 9.17) is 28.6 Å². The maximum absolute atomic E-state index is 12.5. The summed E-state index contributed by atoms with van der Waals surface area (Å²) in [4.78, 5) is 16.6. The second-order valence-corrected chi connectivity index (χ2v) is 4.83. The van der Waals surface area contributed by atoms with E-state index < -0.39 is 0 Å². The van der Waals surface area contributed by atoms with Gasteiger partial charge in [-0.1, -0.05) is 41.9 Å². The molecule has 6 heteroatoms. The molecule has 4 nitrogen and oxygen atoms in total. The largest absolute Gasteiger partial charge is 0.471 e. The van der Waals surface area contributed by atoms with Crippen LogP contribution in [0.5, 0.6) is 0 Å². The Hall–Kier alpha value is -1.98. The van der Waals surface area contributed by atoms with E-state index in [1.54, 1.807) is 36.4 Å². The Bertz CT molecular complexity index is 662. The Labute approximate surface area is 133 Å². The van der Waals surface area contributed by atoms with Crippen molar-refractivity contribution in [3.8, 4) is 0 Å². The zero-order chi connectivity index (χ0) is 15.2. The molecule has 0 bridgehead atoms. The van der Waals surface area contributed by atoms with Crippen molar-refractivity contribution in [3.63, 3.8) is 0 Å². The Morgan fingerprint density at radius 2 is 2.00 bits per heavy atom. The molecule has 2 rings (SSSR count). The number of ether oxygens (including phenoxy) is 1. The molecule has 108 valence electrons. The number of rotatable bonds is 4. The van der Waals surface area contributed by atoms with Crippen molar-refractivity contribution in [1.29, 1.82) is 0 Å². The number of anilines is 1. The molecule has 0 saturated heterocycles. The van der Waals surface area contributed by atoms with Crippen molar-refractivity contribution in [2.45, 2.75) is 6.92 Å². The first-order chi connectivity index (χ1) is 10.1. The molecule has 2 aromatic rings. The molecular formula is C15H13ClN2O2S. The summed E-state index contributed by atoms with van der Waals surface area (Å²) in [6, 6.07) is 12.1. The van der Waals surface area contributed by atoms with Crippen molar-refractivity contribution in [3.05, 3.63) is 58.9 Å². The standard InChI is InChI=1S/C15H13ClN2O2S/c1-2-20-15(21)17-11-8-9-12(16)18-13(11)14(19)10-6-4-3-5-7-10/h3-9H,2H2,1H3,(H,17,21). The molecule has 0 fully saturated rings. The van der Waals surface area contributed by atoms with Gasteiger partial charge in [0.15, 0.2) is 0 Å².